The Morgan fingerprint density at radius 2 is 2.17 bits per heavy atom. The van der Waals surface area contributed by atoms with Crippen molar-refractivity contribution in [3.05, 3.63) is 33.0 Å². The lowest BCUT2D eigenvalue weighted by Gasteiger charge is -1.88. The number of rotatable bonds is 2. The third kappa shape index (κ3) is 1.64. The first-order valence-electron chi connectivity index (χ1n) is 2.75. The fraction of sp³-hybridized carbons (Fsp3) is 0. The summed E-state index contributed by atoms with van der Waals surface area (Å²) in [6, 6.07) is 0. The average molecular weight is 166 g/mol. The summed E-state index contributed by atoms with van der Waals surface area (Å²) in [5.41, 5.74) is 7.70. The van der Waals surface area contributed by atoms with Crippen LogP contribution in [0.5, 0.6) is 0 Å². The predicted octanol–water partition coefficient (Wildman–Crippen LogP) is 1.33. The number of aromatic nitrogens is 2. The zero-order valence-corrected chi connectivity index (χ0v) is 5.65. The van der Waals surface area contributed by atoms with Crippen molar-refractivity contribution in [3.8, 4) is 0 Å². The van der Waals surface area contributed by atoms with Gasteiger partial charge >= 0.3 is 5.69 Å². The number of azide groups is 1. The van der Waals surface area contributed by atoms with Crippen molar-refractivity contribution in [2.45, 2.75) is 0 Å². The van der Waals surface area contributed by atoms with Gasteiger partial charge in [-0.25, -0.2) is 9.97 Å². The van der Waals surface area contributed by atoms with Crippen LogP contribution in [0.4, 0.5) is 11.6 Å². The van der Waals surface area contributed by atoms with Crippen LogP contribution >= 0.6 is 0 Å². The molecule has 12 heavy (non-hydrogen) atoms. The van der Waals surface area contributed by atoms with Gasteiger partial charge in [0.15, 0.2) is 0 Å². The second kappa shape index (κ2) is 3.26. The van der Waals surface area contributed by atoms with Gasteiger partial charge in [0.1, 0.15) is 12.4 Å². The third-order valence-electron chi connectivity index (χ3n) is 0.970. The Morgan fingerprint density at radius 1 is 1.58 bits per heavy atom. The Labute approximate surface area is 65.7 Å². The van der Waals surface area contributed by atoms with Gasteiger partial charge in [0.25, 0.3) is 0 Å². The summed E-state index contributed by atoms with van der Waals surface area (Å²) in [4.78, 5) is 18.7. The fourth-order valence-electron chi connectivity index (χ4n) is 0.500. The van der Waals surface area contributed by atoms with Crippen molar-refractivity contribution < 1.29 is 4.92 Å². The molecule has 0 bridgehead atoms. The first-order chi connectivity index (χ1) is 5.74. The van der Waals surface area contributed by atoms with Gasteiger partial charge in [-0.05, 0) is 10.6 Å². The molecule has 0 atom stereocenters. The van der Waals surface area contributed by atoms with E-state index in [1.54, 1.807) is 0 Å². The standard InChI is InChI=1S/C4H2N6O2/c5-9-8-4-6-1-3(2-7-4)10(11)12/h1-2H. The van der Waals surface area contributed by atoms with E-state index in [0.717, 1.165) is 12.4 Å². The molecule has 0 saturated carbocycles. The highest BCUT2D eigenvalue weighted by Gasteiger charge is 2.04. The number of nitro groups is 1. The molecular formula is C4H2N6O2. The molecule has 0 spiro atoms. The van der Waals surface area contributed by atoms with Gasteiger partial charge in [-0.15, -0.1) is 0 Å². The Hall–Kier alpha value is -2.21. The van der Waals surface area contributed by atoms with Crippen molar-refractivity contribution in [1.82, 2.24) is 9.97 Å². The molecule has 0 fully saturated rings. The highest BCUT2D eigenvalue weighted by atomic mass is 16.6. The highest BCUT2D eigenvalue weighted by molar-refractivity contribution is 5.26. The van der Waals surface area contributed by atoms with Crippen molar-refractivity contribution in [3.63, 3.8) is 0 Å². The largest absolute Gasteiger partial charge is 0.305 e. The highest BCUT2D eigenvalue weighted by Crippen LogP contribution is 2.09. The van der Waals surface area contributed by atoms with Crippen molar-refractivity contribution in [2.75, 3.05) is 0 Å². The average Bonchev–Trinajstić information content (AvgIpc) is 2.06. The molecule has 1 aromatic heterocycles. The lowest BCUT2D eigenvalue weighted by atomic mass is 10.6. The quantitative estimate of drug-likeness (QED) is 0.216. The molecule has 1 aromatic rings. The molecule has 0 aliphatic heterocycles. The summed E-state index contributed by atoms with van der Waals surface area (Å²) in [6.07, 6.45) is 1.94. The Bertz CT molecular complexity index is 318. The van der Waals surface area contributed by atoms with Crippen molar-refractivity contribution in [1.29, 1.82) is 0 Å². The van der Waals surface area contributed by atoms with E-state index in [1.165, 1.54) is 0 Å². The third-order valence-corrected chi connectivity index (χ3v) is 0.970. The van der Waals surface area contributed by atoms with E-state index in [9.17, 15) is 10.1 Å². The van der Waals surface area contributed by atoms with Gasteiger partial charge in [-0.1, -0.05) is 0 Å². The lowest BCUT2D eigenvalue weighted by Crippen LogP contribution is -1.89. The van der Waals surface area contributed by atoms with Gasteiger partial charge in [-0.2, -0.15) is 0 Å². The van der Waals surface area contributed by atoms with Gasteiger partial charge in [0, 0.05) is 4.91 Å². The minimum atomic E-state index is -0.639. The topological polar surface area (TPSA) is 118 Å². The molecule has 0 radical (unpaired) electrons. The Balaban J connectivity index is 3.00. The SMILES string of the molecule is [N-]=[N+]=Nc1ncc([N+](=O)[O-])cn1. The van der Waals surface area contributed by atoms with Crippen LogP contribution in [0, 0.1) is 10.1 Å². The molecule has 0 unspecified atom stereocenters. The normalized spacial score (nSPS) is 8.67. The molecule has 0 amide bonds. The van der Waals surface area contributed by atoms with Gasteiger partial charge in [0.05, 0.1) is 4.92 Å². The molecule has 0 aliphatic rings. The minimum absolute atomic E-state index is 0.136. The van der Waals surface area contributed by atoms with E-state index in [-0.39, 0.29) is 11.6 Å². The predicted molar refractivity (Wildman–Crippen MR) is 37.5 cm³/mol. The molecule has 8 nitrogen and oxygen atoms in total. The van der Waals surface area contributed by atoms with Crippen LogP contribution in [0.2, 0.25) is 0 Å². The van der Waals surface area contributed by atoms with Gasteiger partial charge in [-0.3, -0.25) is 10.1 Å². The van der Waals surface area contributed by atoms with E-state index in [4.69, 9.17) is 5.53 Å². The van der Waals surface area contributed by atoms with E-state index in [2.05, 4.69) is 20.0 Å². The molecule has 60 valence electrons. The smallest absolute Gasteiger partial charge is 0.258 e. The molecular weight excluding hydrogens is 164 g/mol. The number of nitrogens with zero attached hydrogens (tertiary/aromatic N) is 6. The summed E-state index contributed by atoms with van der Waals surface area (Å²) in [5.74, 6) is -0.136. The number of hydrogen-bond donors (Lipinski definition) is 0. The van der Waals surface area contributed by atoms with Crippen molar-refractivity contribution >= 4 is 11.6 Å². The fourth-order valence-corrected chi connectivity index (χ4v) is 0.500. The molecule has 0 N–H and O–H groups in total. The second-order valence-corrected chi connectivity index (χ2v) is 1.69. The molecule has 1 heterocycles. The van der Waals surface area contributed by atoms with Gasteiger partial charge in [0.2, 0.25) is 5.95 Å². The summed E-state index contributed by atoms with van der Waals surface area (Å²) >= 11 is 0. The zero-order chi connectivity index (χ0) is 8.97. The first-order valence-corrected chi connectivity index (χ1v) is 2.75. The number of hydrogen-bond acceptors (Lipinski definition) is 5. The lowest BCUT2D eigenvalue weighted by molar-refractivity contribution is -0.385. The van der Waals surface area contributed by atoms with Crippen LogP contribution in [0.15, 0.2) is 17.5 Å². The molecule has 0 aromatic carbocycles. The van der Waals surface area contributed by atoms with Crippen LogP contribution in [-0.4, -0.2) is 14.9 Å². The van der Waals surface area contributed by atoms with E-state index >= 15 is 0 Å². The van der Waals surface area contributed by atoms with Crippen LogP contribution < -0.4 is 0 Å². The van der Waals surface area contributed by atoms with E-state index in [1.807, 2.05) is 0 Å². The van der Waals surface area contributed by atoms with E-state index < -0.39 is 4.92 Å². The summed E-state index contributed by atoms with van der Waals surface area (Å²) in [7, 11) is 0. The maximum atomic E-state index is 10.1. The first kappa shape index (κ1) is 7.89. The minimum Gasteiger partial charge on any atom is -0.258 e. The Kier molecular flexibility index (Phi) is 2.14. The van der Waals surface area contributed by atoms with Crippen LogP contribution in [-0.2, 0) is 0 Å². The Morgan fingerprint density at radius 3 is 2.58 bits per heavy atom. The summed E-state index contributed by atoms with van der Waals surface area (Å²) < 4.78 is 0. The maximum Gasteiger partial charge on any atom is 0.305 e. The molecule has 1 rings (SSSR count). The molecule has 0 aliphatic carbocycles. The molecule has 0 saturated heterocycles. The molecule has 8 heteroatoms. The van der Waals surface area contributed by atoms with Crippen LogP contribution in [0.3, 0.4) is 0 Å². The van der Waals surface area contributed by atoms with Gasteiger partial charge < -0.3 is 0 Å². The maximum absolute atomic E-state index is 10.1. The zero-order valence-electron chi connectivity index (χ0n) is 5.65. The van der Waals surface area contributed by atoms with Crippen LogP contribution in [0.1, 0.15) is 0 Å². The monoisotopic (exact) mass is 166 g/mol. The summed E-state index contributed by atoms with van der Waals surface area (Å²) in [5, 5.41) is 13.1. The second-order valence-electron chi connectivity index (χ2n) is 1.69. The van der Waals surface area contributed by atoms with Crippen molar-refractivity contribution in [2.24, 2.45) is 5.11 Å². The van der Waals surface area contributed by atoms with Crippen LogP contribution in [0.25, 0.3) is 10.4 Å². The van der Waals surface area contributed by atoms with E-state index in [0.29, 0.717) is 0 Å². The summed E-state index contributed by atoms with van der Waals surface area (Å²) in [6.45, 7) is 0.